The molecule has 0 saturated carbocycles. The third-order valence-corrected chi connectivity index (χ3v) is 8.14. The first-order valence-corrected chi connectivity index (χ1v) is 14.4. The van der Waals surface area contributed by atoms with Crippen molar-refractivity contribution in [2.24, 2.45) is 10.9 Å². The number of rotatable bonds is 8. The number of hydrogen-bond acceptors (Lipinski definition) is 4. The van der Waals surface area contributed by atoms with Crippen LogP contribution in [0.4, 0.5) is 15.8 Å². The van der Waals surface area contributed by atoms with Gasteiger partial charge in [0.25, 0.3) is 0 Å². The number of fused-ring (bicyclic) bond motifs is 3. The Morgan fingerprint density at radius 3 is 2.62 bits per heavy atom. The van der Waals surface area contributed by atoms with Crippen molar-refractivity contribution < 1.29 is 13.9 Å². The molecule has 1 aliphatic carbocycles. The molecule has 1 aliphatic heterocycles. The fourth-order valence-electron chi connectivity index (χ4n) is 5.62. The Labute approximate surface area is 242 Å². The highest BCUT2D eigenvalue weighted by Gasteiger charge is 2.37. The number of hydrogen-bond donors (Lipinski definition) is 1. The molecule has 2 aliphatic rings. The van der Waals surface area contributed by atoms with Crippen LogP contribution in [0.15, 0.2) is 107 Å². The van der Waals surface area contributed by atoms with Crippen molar-refractivity contribution in [1.29, 1.82) is 0 Å². The van der Waals surface area contributed by atoms with Gasteiger partial charge in [-0.1, -0.05) is 60.7 Å². The molecule has 0 bridgehead atoms. The van der Waals surface area contributed by atoms with Crippen molar-refractivity contribution in [2.45, 2.75) is 31.9 Å². The van der Waals surface area contributed by atoms with Gasteiger partial charge >= 0.3 is 0 Å². The van der Waals surface area contributed by atoms with E-state index in [1.54, 1.807) is 18.2 Å². The number of halogens is 2. The fourth-order valence-corrected chi connectivity index (χ4v) is 6.20. The third kappa shape index (κ3) is 5.41. The summed E-state index contributed by atoms with van der Waals surface area (Å²) in [5.41, 5.74) is 6.10. The second-order valence-electron chi connectivity index (χ2n) is 10.1. The topological polar surface area (TPSA) is 42.8 Å². The number of nitrogens with zero attached hydrogens (tertiary/aromatic N) is 1. The third-order valence-electron chi connectivity index (χ3n) is 7.55. The molecule has 4 aromatic carbocycles. The molecule has 3 atom stereocenters. The second kappa shape index (κ2) is 11.7. The zero-order valence-corrected chi connectivity index (χ0v) is 23.8. The van der Waals surface area contributed by atoms with Crippen molar-refractivity contribution in [2.75, 3.05) is 11.9 Å². The number of para-hydroxylation sites is 1. The molecule has 0 amide bonds. The lowest BCUT2D eigenvalue weighted by Gasteiger charge is -2.37. The largest absolute Gasteiger partial charge is 0.490 e. The molecular weight excluding hydrogens is 567 g/mol. The fraction of sp³-hybridized carbons (Fsp3) is 0.206. The lowest BCUT2D eigenvalue weighted by atomic mass is 9.77. The van der Waals surface area contributed by atoms with Gasteiger partial charge in [-0.25, -0.2) is 4.39 Å². The minimum atomic E-state index is -0.296. The molecule has 4 aromatic rings. The van der Waals surface area contributed by atoms with Gasteiger partial charge < -0.3 is 14.8 Å². The number of aliphatic imine (C=N–C) groups is 1. The van der Waals surface area contributed by atoms with Crippen molar-refractivity contribution >= 4 is 33.5 Å². The van der Waals surface area contributed by atoms with E-state index >= 15 is 0 Å². The Morgan fingerprint density at radius 2 is 1.80 bits per heavy atom. The summed E-state index contributed by atoms with van der Waals surface area (Å²) in [4.78, 5) is 4.72. The highest BCUT2D eigenvalue weighted by atomic mass is 79.9. The summed E-state index contributed by atoms with van der Waals surface area (Å²) in [6, 6.07) is 27.8. The lowest BCUT2D eigenvalue weighted by molar-refractivity contribution is 0.264. The van der Waals surface area contributed by atoms with Gasteiger partial charge in [-0.15, -0.1) is 0 Å². The van der Waals surface area contributed by atoms with E-state index in [1.807, 2.05) is 25.3 Å². The molecule has 0 aromatic heterocycles. The van der Waals surface area contributed by atoms with Crippen LogP contribution in [0, 0.1) is 11.7 Å². The van der Waals surface area contributed by atoms with Crippen LogP contribution in [0.25, 0.3) is 0 Å². The maximum absolute atomic E-state index is 14.1. The van der Waals surface area contributed by atoms with E-state index in [1.165, 1.54) is 22.9 Å². The minimum Gasteiger partial charge on any atom is -0.490 e. The van der Waals surface area contributed by atoms with Gasteiger partial charge in [-0.05, 0) is 88.3 Å². The summed E-state index contributed by atoms with van der Waals surface area (Å²) in [5.74, 6) is 1.78. The molecule has 0 unspecified atom stereocenters. The van der Waals surface area contributed by atoms with Crippen LogP contribution >= 0.6 is 15.9 Å². The molecule has 0 radical (unpaired) electrons. The molecule has 6 heteroatoms. The predicted octanol–water partition coefficient (Wildman–Crippen LogP) is 9.14. The van der Waals surface area contributed by atoms with Gasteiger partial charge in [0.15, 0.2) is 11.5 Å². The van der Waals surface area contributed by atoms with Gasteiger partial charge in [0, 0.05) is 23.4 Å². The standard InChI is InChI=1S/C34H30BrFN2O2/c1-2-39-32-19-22(18-29(35)34(32)40-21-24-8-3-5-12-30(24)36)20-37-25-16-14-23(15-17-25)33-28-11-7-10-26(28)27-9-4-6-13-31(27)38-33/h3-10,12-20,26,28,33,38H,2,11,21H2,1H3/t26-,28-,33+/m1/s1. The number of benzene rings is 4. The summed E-state index contributed by atoms with van der Waals surface area (Å²) in [6.07, 6.45) is 7.57. The average molecular weight is 598 g/mol. The van der Waals surface area contributed by atoms with E-state index in [2.05, 4.69) is 81.9 Å². The summed E-state index contributed by atoms with van der Waals surface area (Å²) >= 11 is 3.60. The normalized spacial score (nSPS) is 19.2. The number of allylic oxidation sites excluding steroid dienone is 2. The maximum atomic E-state index is 14.1. The van der Waals surface area contributed by atoms with Crippen molar-refractivity contribution in [1.82, 2.24) is 0 Å². The van der Waals surface area contributed by atoms with Crippen molar-refractivity contribution in [3.63, 3.8) is 0 Å². The number of anilines is 1. The minimum absolute atomic E-state index is 0.101. The highest BCUT2D eigenvalue weighted by Crippen LogP contribution is 2.49. The maximum Gasteiger partial charge on any atom is 0.175 e. The van der Waals surface area contributed by atoms with E-state index in [0.29, 0.717) is 35.5 Å². The Morgan fingerprint density at radius 1 is 1.00 bits per heavy atom. The van der Waals surface area contributed by atoms with E-state index in [4.69, 9.17) is 14.5 Å². The first-order chi connectivity index (χ1) is 19.6. The zero-order chi connectivity index (χ0) is 27.5. The van der Waals surface area contributed by atoms with Gasteiger partial charge in [0.1, 0.15) is 12.4 Å². The molecular formula is C34H30BrFN2O2. The van der Waals surface area contributed by atoms with Crippen LogP contribution in [0.5, 0.6) is 11.5 Å². The van der Waals surface area contributed by atoms with Gasteiger partial charge in [-0.2, -0.15) is 0 Å². The van der Waals surface area contributed by atoms with Crippen molar-refractivity contribution in [3.8, 4) is 11.5 Å². The molecule has 4 nitrogen and oxygen atoms in total. The average Bonchev–Trinajstić information content (AvgIpc) is 3.47. The van der Waals surface area contributed by atoms with Gasteiger partial charge in [-0.3, -0.25) is 4.99 Å². The van der Waals surface area contributed by atoms with Gasteiger partial charge in [0.2, 0.25) is 0 Å². The van der Waals surface area contributed by atoms with Crippen molar-refractivity contribution in [3.05, 3.63) is 130 Å². The first kappa shape index (κ1) is 26.3. The van der Waals surface area contributed by atoms with E-state index in [9.17, 15) is 4.39 Å². The Bertz CT molecular complexity index is 1570. The molecule has 40 heavy (non-hydrogen) atoms. The molecule has 1 N–H and O–H groups in total. The van der Waals surface area contributed by atoms with E-state index in [0.717, 1.165) is 22.1 Å². The molecule has 202 valence electrons. The summed E-state index contributed by atoms with van der Waals surface area (Å²) < 4.78 is 26.6. The molecule has 1 heterocycles. The smallest absolute Gasteiger partial charge is 0.175 e. The van der Waals surface area contributed by atoms with E-state index < -0.39 is 0 Å². The quantitative estimate of drug-likeness (QED) is 0.163. The van der Waals surface area contributed by atoms with Gasteiger partial charge in [0.05, 0.1) is 22.8 Å². The van der Waals surface area contributed by atoms with Crippen LogP contribution in [-0.4, -0.2) is 12.8 Å². The Hall–Kier alpha value is -3.90. The predicted molar refractivity (Wildman–Crippen MR) is 163 cm³/mol. The summed E-state index contributed by atoms with van der Waals surface area (Å²) in [5, 5.41) is 3.79. The van der Waals surface area contributed by atoms with E-state index in [-0.39, 0.29) is 18.5 Å². The second-order valence-corrected chi connectivity index (χ2v) is 10.9. The van der Waals surface area contributed by atoms with Crippen LogP contribution < -0.4 is 14.8 Å². The SMILES string of the molecule is CCOc1cc(C=Nc2ccc([C@@H]3Nc4ccccc4[C@H]4C=CC[C@H]43)cc2)cc(Br)c1OCc1ccccc1F. The Kier molecular flexibility index (Phi) is 7.69. The number of nitrogens with one attached hydrogen (secondary N) is 1. The number of ether oxygens (including phenoxy) is 2. The molecule has 0 saturated heterocycles. The van der Waals surface area contributed by atoms with Crippen LogP contribution in [0.1, 0.15) is 47.6 Å². The van der Waals surface area contributed by atoms with Crippen LogP contribution in [0.2, 0.25) is 0 Å². The lowest BCUT2D eigenvalue weighted by Crippen LogP contribution is -2.28. The van der Waals surface area contributed by atoms with Crippen LogP contribution in [-0.2, 0) is 6.61 Å². The highest BCUT2D eigenvalue weighted by molar-refractivity contribution is 9.10. The molecule has 0 fully saturated rings. The van der Waals surface area contributed by atoms with Crippen LogP contribution in [0.3, 0.4) is 0 Å². The zero-order valence-electron chi connectivity index (χ0n) is 22.2. The monoisotopic (exact) mass is 596 g/mol. The summed E-state index contributed by atoms with van der Waals surface area (Å²) in [6.45, 7) is 2.49. The Balaban J connectivity index is 1.18. The molecule has 6 rings (SSSR count). The summed E-state index contributed by atoms with van der Waals surface area (Å²) in [7, 11) is 0. The first-order valence-electron chi connectivity index (χ1n) is 13.6. The molecule has 0 spiro atoms.